The average Bonchev–Trinajstić information content (AvgIpc) is 2.97. The Labute approximate surface area is 233 Å². The Kier molecular flexibility index (Phi) is 9.56. The number of halogens is 3. The fraction of sp³-hybridized carbons (Fsp3) is 0.548. The maximum absolute atomic E-state index is 13.7. The summed E-state index contributed by atoms with van der Waals surface area (Å²) >= 11 is 0. The van der Waals surface area contributed by atoms with Crippen LogP contribution < -0.4 is 5.11 Å². The molecule has 0 radical (unpaired) electrons. The lowest BCUT2D eigenvalue weighted by atomic mass is 9.73. The minimum absolute atomic E-state index is 0.0662. The van der Waals surface area contributed by atoms with Crippen molar-refractivity contribution in [3.63, 3.8) is 0 Å². The van der Waals surface area contributed by atoms with Crippen LogP contribution in [0, 0.1) is 11.8 Å². The van der Waals surface area contributed by atoms with E-state index < -0.39 is 23.7 Å². The van der Waals surface area contributed by atoms with E-state index in [1.807, 2.05) is 30.3 Å². The standard InChI is InChI=1S/C29H38NO3.C2HF3O2/c31-28(29(32,25-12-6-2-7-13-25)26-14-8-3-9-15-26)33-27-22-30(20-17-24(27)18-21-30)19-16-23-10-4-1-5-11-23;3-2(4,5)1(6)7/h1-2,4-7,10-13,24,26-27,32H,3,8-9,14-22H2;(H,6,7)/q+1;/p-1/t24?,27-,29-,30?;/m0./s1. The number of ether oxygens (including phenoxy) is 1. The molecule has 6 rings (SSSR count). The molecule has 3 saturated heterocycles. The molecule has 2 atom stereocenters. The second-order valence-electron chi connectivity index (χ2n) is 11.5. The van der Waals surface area contributed by atoms with Gasteiger partial charge in [-0.15, -0.1) is 0 Å². The summed E-state index contributed by atoms with van der Waals surface area (Å²) < 4.78 is 38.9. The van der Waals surface area contributed by atoms with Gasteiger partial charge in [0.15, 0.2) is 11.7 Å². The summed E-state index contributed by atoms with van der Waals surface area (Å²) in [7, 11) is 0. The van der Waals surface area contributed by atoms with Crippen LogP contribution in [0.5, 0.6) is 0 Å². The lowest BCUT2D eigenvalue weighted by Crippen LogP contribution is -2.65. The first kappa shape index (κ1) is 30.1. The highest BCUT2D eigenvalue weighted by atomic mass is 19.4. The van der Waals surface area contributed by atoms with E-state index in [0.29, 0.717) is 11.5 Å². The maximum Gasteiger partial charge on any atom is 0.430 e. The van der Waals surface area contributed by atoms with Crippen molar-refractivity contribution in [3.05, 3.63) is 71.8 Å². The summed E-state index contributed by atoms with van der Waals surface area (Å²) in [6.07, 6.45) is 3.08. The fourth-order valence-electron chi connectivity index (χ4n) is 6.64. The zero-order valence-corrected chi connectivity index (χ0v) is 22.7. The Morgan fingerprint density at radius 3 is 2.00 bits per heavy atom. The summed E-state index contributed by atoms with van der Waals surface area (Å²) in [5.41, 5.74) is 0.529. The van der Waals surface area contributed by atoms with Crippen molar-refractivity contribution in [3.8, 4) is 0 Å². The van der Waals surface area contributed by atoms with E-state index in [-0.39, 0.29) is 12.0 Å². The molecule has 1 saturated carbocycles. The van der Waals surface area contributed by atoms with Gasteiger partial charge in [-0.3, -0.25) is 0 Å². The first-order valence-electron chi connectivity index (χ1n) is 14.2. The third-order valence-corrected chi connectivity index (χ3v) is 8.97. The molecule has 2 aromatic rings. The summed E-state index contributed by atoms with van der Waals surface area (Å²) in [6, 6.07) is 20.2. The molecule has 9 heteroatoms. The van der Waals surface area contributed by atoms with Crippen LogP contribution in [-0.4, -0.2) is 60.0 Å². The van der Waals surface area contributed by atoms with E-state index in [1.54, 1.807) is 0 Å². The lowest BCUT2D eigenvalue weighted by Gasteiger charge is -2.52. The summed E-state index contributed by atoms with van der Waals surface area (Å²) in [5, 5.41) is 20.7. The van der Waals surface area contributed by atoms with Crippen molar-refractivity contribution in [1.82, 2.24) is 0 Å². The summed E-state index contributed by atoms with van der Waals surface area (Å²) in [4.78, 5) is 22.5. The normalized spacial score (nSPS) is 26.2. The van der Waals surface area contributed by atoms with E-state index in [4.69, 9.17) is 14.6 Å². The van der Waals surface area contributed by atoms with Crippen LogP contribution in [-0.2, 0) is 26.3 Å². The van der Waals surface area contributed by atoms with Gasteiger partial charge in [0.05, 0.1) is 19.6 Å². The molecular formula is C31H38F3NO5. The number of fused-ring (bicyclic) bond motifs is 3. The highest BCUT2D eigenvalue weighted by Gasteiger charge is 2.52. The number of carbonyl (C=O) groups is 2. The molecule has 1 aliphatic carbocycles. The Morgan fingerprint density at radius 2 is 1.45 bits per heavy atom. The molecule has 0 aromatic heterocycles. The van der Waals surface area contributed by atoms with Crippen LogP contribution in [0.4, 0.5) is 13.2 Å². The Balaban J connectivity index is 0.000000470. The van der Waals surface area contributed by atoms with Gasteiger partial charge in [0, 0.05) is 31.1 Å². The molecular weight excluding hydrogens is 523 g/mol. The largest absolute Gasteiger partial charge is 0.542 e. The Hall–Kier alpha value is -2.91. The molecule has 0 amide bonds. The van der Waals surface area contributed by atoms with Crippen LogP contribution >= 0.6 is 0 Å². The van der Waals surface area contributed by atoms with Gasteiger partial charge in [-0.05, 0) is 24.0 Å². The number of quaternary nitrogens is 1. The Bertz CT molecular complexity index is 1110. The molecule has 0 spiro atoms. The van der Waals surface area contributed by atoms with Gasteiger partial charge in [-0.2, -0.15) is 13.2 Å². The number of aliphatic carboxylic acids is 1. The lowest BCUT2D eigenvalue weighted by molar-refractivity contribution is -0.946. The molecule has 2 aromatic carbocycles. The fourth-order valence-corrected chi connectivity index (χ4v) is 6.64. The number of alkyl halides is 3. The number of piperidine rings is 3. The first-order valence-corrected chi connectivity index (χ1v) is 14.2. The number of hydrogen-bond donors (Lipinski definition) is 1. The predicted octanol–water partition coefficient (Wildman–Crippen LogP) is 4.15. The monoisotopic (exact) mass is 561 g/mol. The minimum Gasteiger partial charge on any atom is -0.542 e. The molecule has 3 heterocycles. The van der Waals surface area contributed by atoms with Gasteiger partial charge in [0.25, 0.3) is 0 Å². The maximum atomic E-state index is 13.7. The van der Waals surface area contributed by atoms with Gasteiger partial charge in [0.2, 0.25) is 0 Å². The van der Waals surface area contributed by atoms with Gasteiger partial charge < -0.3 is 24.2 Å². The van der Waals surface area contributed by atoms with Crippen LogP contribution in [0.2, 0.25) is 0 Å². The summed E-state index contributed by atoms with van der Waals surface area (Å²) in [6.45, 7) is 4.34. The SMILES string of the molecule is O=C(O[C@H]1C[N+]2(CCc3ccccc3)CCC1CC2)[C@](O)(c1ccccc1)C1CCCCC1.O=C([O-])C(F)(F)F. The van der Waals surface area contributed by atoms with E-state index in [2.05, 4.69) is 30.3 Å². The Morgan fingerprint density at radius 1 is 0.900 bits per heavy atom. The molecule has 218 valence electrons. The highest BCUT2D eigenvalue weighted by Crippen LogP contribution is 2.42. The molecule has 40 heavy (non-hydrogen) atoms. The zero-order valence-electron chi connectivity index (χ0n) is 22.7. The molecule has 1 N–H and O–H groups in total. The molecule has 6 nitrogen and oxygen atoms in total. The molecule has 0 unspecified atom stereocenters. The van der Waals surface area contributed by atoms with Crippen LogP contribution in [0.1, 0.15) is 56.1 Å². The second-order valence-corrected chi connectivity index (χ2v) is 11.5. The molecule has 2 bridgehead atoms. The van der Waals surface area contributed by atoms with Crippen molar-refractivity contribution in [1.29, 1.82) is 0 Å². The minimum atomic E-state index is -5.19. The van der Waals surface area contributed by atoms with Crippen LogP contribution in [0.15, 0.2) is 60.7 Å². The van der Waals surface area contributed by atoms with Crippen molar-refractivity contribution in [2.45, 2.75) is 69.2 Å². The number of nitrogens with zero attached hydrogens (tertiary/aromatic N) is 1. The zero-order chi connectivity index (χ0) is 28.8. The number of carboxylic acids is 1. The van der Waals surface area contributed by atoms with Gasteiger partial charge >= 0.3 is 12.1 Å². The van der Waals surface area contributed by atoms with E-state index >= 15 is 0 Å². The second kappa shape index (κ2) is 12.7. The third kappa shape index (κ3) is 7.04. The quantitative estimate of drug-likeness (QED) is 0.406. The highest BCUT2D eigenvalue weighted by molar-refractivity contribution is 5.81. The van der Waals surface area contributed by atoms with Crippen LogP contribution in [0.3, 0.4) is 0 Å². The van der Waals surface area contributed by atoms with Crippen molar-refractivity contribution < 1.29 is 42.2 Å². The van der Waals surface area contributed by atoms with E-state index in [0.717, 1.165) is 62.5 Å². The number of hydrogen-bond acceptors (Lipinski definition) is 5. The number of aliphatic hydroxyl groups is 1. The first-order chi connectivity index (χ1) is 19.0. The number of rotatable bonds is 7. The van der Waals surface area contributed by atoms with Crippen molar-refractivity contribution >= 4 is 11.9 Å². The number of carboxylic acid groups (broad SMARTS) is 1. The molecule has 4 aliphatic rings. The number of esters is 1. The molecule has 3 aliphatic heterocycles. The van der Waals surface area contributed by atoms with Gasteiger partial charge in [0.1, 0.15) is 12.5 Å². The molecule has 4 fully saturated rings. The van der Waals surface area contributed by atoms with Gasteiger partial charge in [-0.25, -0.2) is 4.79 Å². The van der Waals surface area contributed by atoms with E-state index in [1.165, 1.54) is 25.1 Å². The van der Waals surface area contributed by atoms with E-state index in [9.17, 15) is 23.1 Å². The third-order valence-electron chi connectivity index (χ3n) is 8.97. The smallest absolute Gasteiger partial charge is 0.430 e. The average molecular weight is 562 g/mol. The topological polar surface area (TPSA) is 86.7 Å². The van der Waals surface area contributed by atoms with Crippen molar-refractivity contribution in [2.75, 3.05) is 26.2 Å². The number of benzene rings is 2. The van der Waals surface area contributed by atoms with Crippen molar-refractivity contribution in [2.24, 2.45) is 11.8 Å². The summed E-state index contributed by atoms with van der Waals surface area (Å²) in [5.74, 6) is -3.06. The van der Waals surface area contributed by atoms with Gasteiger partial charge in [-0.1, -0.05) is 79.9 Å². The van der Waals surface area contributed by atoms with Crippen LogP contribution in [0.25, 0.3) is 0 Å². The predicted molar refractivity (Wildman–Crippen MR) is 140 cm³/mol. The number of carbonyl (C=O) groups excluding carboxylic acids is 2.